The van der Waals surface area contributed by atoms with Gasteiger partial charge in [0.05, 0.1) is 7.11 Å². The maximum Gasteiger partial charge on any atom is 0.409 e. The van der Waals surface area contributed by atoms with E-state index in [0.717, 1.165) is 18.5 Å². The first-order chi connectivity index (χ1) is 7.67. The van der Waals surface area contributed by atoms with E-state index in [1.54, 1.807) is 18.2 Å². The van der Waals surface area contributed by atoms with Crippen molar-refractivity contribution in [1.29, 1.82) is 0 Å². The molecule has 1 rings (SSSR count). The highest BCUT2D eigenvalue weighted by Crippen LogP contribution is 2.22. The number of hydrogen-bond acceptors (Lipinski definition) is 3. The SMILES string of the molecule is C=CCCc1ccc(NC(=O)O)c(OC)n1. The zero-order valence-corrected chi connectivity index (χ0v) is 9.06. The molecule has 0 aliphatic heterocycles. The smallest absolute Gasteiger partial charge is 0.409 e. The summed E-state index contributed by atoms with van der Waals surface area (Å²) in [5.41, 5.74) is 1.19. The van der Waals surface area contributed by atoms with Crippen LogP contribution >= 0.6 is 0 Å². The zero-order chi connectivity index (χ0) is 12.0. The van der Waals surface area contributed by atoms with Crippen LogP contribution in [0.3, 0.4) is 0 Å². The van der Waals surface area contributed by atoms with Crippen molar-refractivity contribution in [2.24, 2.45) is 0 Å². The molecule has 86 valence electrons. The van der Waals surface area contributed by atoms with Crippen LogP contribution in [-0.4, -0.2) is 23.3 Å². The molecule has 1 aromatic rings. The van der Waals surface area contributed by atoms with Crippen molar-refractivity contribution in [3.63, 3.8) is 0 Å². The van der Waals surface area contributed by atoms with E-state index in [1.165, 1.54) is 7.11 Å². The normalized spacial score (nSPS) is 9.56. The number of allylic oxidation sites excluding steroid dienone is 1. The number of aryl methyl sites for hydroxylation is 1. The van der Waals surface area contributed by atoms with Gasteiger partial charge in [0.2, 0.25) is 5.88 Å². The third-order valence-electron chi connectivity index (χ3n) is 1.96. The predicted molar refractivity (Wildman–Crippen MR) is 61.0 cm³/mol. The fourth-order valence-electron chi connectivity index (χ4n) is 1.23. The lowest BCUT2D eigenvalue weighted by Crippen LogP contribution is -2.09. The fraction of sp³-hybridized carbons (Fsp3) is 0.273. The second-order valence-corrected chi connectivity index (χ2v) is 3.12. The number of hydrogen-bond donors (Lipinski definition) is 2. The molecule has 0 radical (unpaired) electrons. The molecule has 0 atom stereocenters. The van der Waals surface area contributed by atoms with Crippen molar-refractivity contribution in [3.05, 3.63) is 30.5 Å². The molecule has 1 heterocycles. The van der Waals surface area contributed by atoms with Gasteiger partial charge < -0.3 is 9.84 Å². The number of pyridine rings is 1. The first kappa shape index (κ1) is 12.0. The Hall–Kier alpha value is -2.04. The Balaban J connectivity index is 2.87. The lowest BCUT2D eigenvalue weighted by atomic mass is 10.2. The van der Waals surface area contributed by atoms with E-state index in [4.69, 9.17) is 9.84 Å². The summed E-state index contributed by atoms with van der Waals surface area (Å²) in [6.45, 7) is 3.63. The van der Waals surface area contributed by atoms with Gasteiger partial charge in [0.1, 0.15) is 5.69 Å². The maximum absolute atomic E-state index is 10.5. The van der Waals surface area contributed by atoms with Crippen LogP contribution in [-0.2, 0) is 6.42 Å². The van der Waals surface area contributed by atoms with Crippen molar-refractivity contribution < 1.29 is 14.6 Å². The Labute approximate surface area is 93.8 Å². The molecule has 0 saturated carbocycles. The average molecular weight is 222 g/mol. The Morgan fingerprint density at radius 3 is 3.00 bits per heavy atom. The molecule has 0 unspecified atom stereocenters. The molecule has 2 N–H and O–H groups in total. The van der Waals surface area contributed by atoms with Gasteiger partial charge in [-0.25, -0.2) is 9.78 Å². The van der Waals surface area contributed by atoms with Crippen LogP contribution in [0.15, 0.2) is 24.8 Å². The monoisotopic (exact) mass is 222 g/mol. The minimum Gasteiger partial charge on any atom is -0.480 e. The molecule has 16 heavy (non-hydrogen) atoms. The molecule has 5 nitrogen and oxygen atoms in total. The number of carbonyl (C=O) groups is 1. The summed E-state index contributed by atoms with van der Waals surface area (Å²) in [6, 6.07) is 3.40. The Kier molecular flexibility index (Phi) is 4.32. The number of rotatable bonds is 5. The average Bonchev–Trinajstić information content (AvgIpc) is 2.27. The van der Waals surface area contributed by atoms with Gasteiger partial charge in [-0.1, -0.05) is 6.08 Å². The second-order valence-electron chi connectivity index (χ2n) is 3.12. The van der Waals surface area contributed by atoms with E-state index in [9.17, 15) is 4.79 Å². The number of nitrogens with one attached hydrogen (secondary N) is 1. The molecule has 0 bridgehead atoms. The molecule has 1 aromatic heterocycles. The Morgan fingerprint density at radius 2 is 2.44 bits per heavy atom. The van der Waals surface area contributed by atoms with Gasteiger partial charge in [-0.2, -0.15) is 0 Å². The summed E-state index contributed by atoms with van der Waals surface area (Å²) in [5.74, 6) is 0.281. The standard InChI is InChI=1S/C11H14N2O3/c1-3-4-5-8-6-7-9(13-11(14)15)10(12-8)16-2/h3,6-7,13H,1,4-5H2,2H3,(H,14,15). The van der Waals surface area contributed by atoms with Crippen LogP contribution in [0.25, 0.3) is 0 Å². The van der Waals surface area contributed by atoms with E-state index in [0.29, 0.717) is 5.69 Å². The van der Waals surface area contributed by atoms with E-state index in [2.05, 4.69) is 16.9 Å². The zero-order valence-electron chi connectivity index (χ0n) is 9.06. The first-order valence-corrected chi connectivity index (χ1v) is 4.82. The highest BCUT2D eigenvalue weighted by Gasteiger charge is 2.08. The highest BCUT2D eigenvalue weighted by atomic mass is 16.5. The van der Waals surface area contributed by atoms with Crippen molar-refractivity contribution in [1.82, 2.24) is 4.98 Å². The van der Waals surface area contributed by atoms with Gasteiger partial charge in [-0.05, 0) is 25.0 Å². The minimum absolute atomic E-state index is 0.281. The second kappa shape index (κ2) is 5.75. The number of amides is 1. The number of aromatic nitrogens is 1. The molecule has 0 fully saturated rings. The lowest BCUT2D eigenvalue weighted by molar-refractivity contribution is 0.209. The van der Waals surface area contributed by atoms with Crippen LogP contribution < -0.4 is 10.1 Å². The summed E-state index contributed by atoms with van der Waals surface area (Å²) in [6.07, 6.45) is 2.24. The molecule has 0 spiro atoms. The minimum atomic E-state index is -1.14. The van der Waals surface area contributed by atoms with E-state index in [-0.39, 0.29) is 5.88 Å². The summed E-state index contributed by atoms with van der Waals surface area (Å²) >= 11 is 0. The van der Waals surface area contributed by atoms with Crippen LogP contribution in [0.1, 0.15) is 12.1 Å². The number of nitrogens with zero attached hydrogens (tertiary/aromatic N) is 1. The molecule has 5 heteroatoms. The quantitative estimate of drug-likeness (QED) is 0.750. The number of methoxy groups -OCH3 is 1. The van der Waals surface area contributed by atoms with Gasteiger partial charge in [-0.15, -0.1) is 6.58 Å². The van der Waals surface area contributed by atoms with Crippen LogP contribution in [0, 0.1) is 0 Å². The molecule has 0 aliphatic carbocycles. The molecule has 1 amide bonds. The summed E-state index contributed by atoms with van der Waals surface area (Å²) in [4.78, 5) is 14.7. The predicted octanol–water partition coefficient (Wildman–Crippen LogP) is 2.30. The van der Waals surface area contributed by atoms with E-state index in [1.807, 2.05) is 0 Å². The Bertz CT molecular complexity index is 391. The van der Waals surface area contributed by atoms with Gasteiger partial charge in [0.15, 0.2) is 0 Å². The summed E-state index contributed by atoms with van der Waals surface area (Å²) < 4.78 is 5.00. The van der Waals surface area contributed by atoms with Crippen LogP contribution in [0.5, 0.6) is 5.88 Å². The van der Waals surface area contributed by atoms with Gasteiger partial charge >= 0.3 is 6.09 Å². The van der Waals surface area contributed by atoms with Crippen LogP contribution in [0.2, 0.25) is 0 Å². The van der Waals surface area contributed by atoms with Crippen molar-refractivity contribution in [2.75, 3.05) is 12.4 Å². The molecular weight excluding hydrogens is 208 g/mol. The van der Waals surface area contributed by atoms with Gasteiger partial charge in [0.25, 0.3) is 0 Å². The molecule has 0 aromatic carbocycles. The highest BCUT2D eigenvalue weighted by molar-refractivity contribution is 5.84. The third kappa shape index (κ3) is 3.27. The van der Waals surface area contributed by atoms with E-state index >= 15 is 0 Å². The molecular formula is C11H14N2O3. The summed E-state index contributed by atoms with van der Waals surface area (Å²) in [5, 5.41) is 10.8. The van der Waals surface area contributed by atoms with Crippen molar-refractivity contribution >= 4 is 11.8 Å². The fourth-order valence-corrected chi connectivity index (χ4v) is 1.23. The maximum atomic E-state index is 10.5. The van der Waals surface area contributed by atoms with Crippen molar-refractivity contribution in [3.8, 4) is 5.88 Å². The third-order valence-corrected chi connectivity index (χ3v) is 1.96. The number of anilines is 1. The summed E-state index contributed by atoms with van der Waals surface area (Å²) in [7, 11) is 1.45. The van der Waals surface area contributed by atoms with E-state index < -0.39 is 6.09 Å². The number of ether oxygens (including phenoxy) is 1. The largest absolute Gasteiger partial charge is 0.480 e. The Morgan fingerprint density at radius 1 is 1.69 bits per heavy atom. The number of carboxylic acid groups (broad SMARTS) is 1. The van der Waals surface area contributed by atoms with Gasteiger partial charge in [0, 0.05) is 5.69 Å². The van der Waals surface area contributed by atoms with Crippen LogP contribution in [0.4, 0.5) is 10.5 Å². The lowest BCUT2D eigenvalue weighted by Gasteiger charge is -2.08. The van der Waals surface area contributed by atoms with Gasteiger partial charge in [-0.3, -0.25) is 5.32 Å². The van der Waals surface area contributed by atoms with Crippen molar-refractivity contribution in [2.45, 2.75) is 12.8 Å². The molecule has 0 aliphatic rings. The topological polar surface area (TPSA) is 71.5 Å². The first-order valence-electron chi connectivity index (χ1n) is 4.82. The molecule has 0 saturated heterocycles.